The van der Waals surface area contributed by atoms with Gasteiger partial charge in [0.25, 0.3) is 5.91 Å². The Morgan fingerprint density at radius 1 is 0.829 bits per heavy atom. The standard InChI is InChI=1S/C27H22F6N6O2/c1-16-5-2-3-8-21(16)22(40)35-19-11-9-17(10-12-19)14-34-23-37-24(39-25(38-23)41-15-26(28,29)30)36-20-7-4-6-18(13-20)27(31,32)33/h2-13H,14-15H2,1H3,(H,35,40)(H2,34,36,37,38,39). The number of hydrogen-bond acceptors (Lipinski definition) is 7. The van der Waals surface area contributed by atoms with Crippen LogP contribution in [0.2, 0.25) is 0 Å². The molecule has 0 aliphatic rings. The van der Waals surface area contributed by atoms with E-state index in [0.717, 1.165) is 23.8 Å². The zero-order chi connectivity index (χ0) is 29.6. The van der Waals surface area contributed by atoms with E-state index in [1.165, 1.54) is 6.07 Å². The minimum absolute atomic E-state index is 0.0536. The number of alkyl halides is 6. The molecule has 0 fully saturated rings. The van der Waals surface area contributed by atoms with Gasteiger partial charge in [0.1, 0.15) is 0 Å². The van der Waals surface area contributed by atoms with Gasteiger partial charge in [-0.2, -0.15) is 41.3 Å². The Balaban J connectivity index is 1.47. The molecular weight excluding hydrogens is 554 g/mol. The second kappa shape index (κ2) is 12.1. The quantitative estimate of drug-likeness (QED) is 0.190. The summed E-state index contributed by atoms with van der Waals surface area (Å²) in [5.41, 5.74) is 1.60. The maximum Gasteiger partial charge on any atom is 0.422 e. The van der Waals surface area contributed by atoms with Crippen molar-refractivity contribution in [2.24, 2.45) is 0 Å². The molecule has 0 saturated heterocycles. The third-order valence-corrected chi connectivity index (χ3v) is 5.48. The van der Waals surface area contributed by atoms with Crippen LogP contribution >= 0.6 is 0 Å². The number of ether oxygens (including phenoxy) is 1. The second-order valence-corrected chi connectivity index (χ2v) is 8.69. The summed E-state index contributed by atoms with van der Waals surface area (Å²) in [5.74, 6) is -0.803. The van der Waals surface area contributed by atoms with Crippen molar-refractivity contribution in [2.75, 3.05) is 22.6 Å². The molecule has 1 amide bonds. The first kappa shape index (κ1) is 29.1. The highest BCUT2D eigenvalue weighted by Crippen LogP contribution is 2.31. The van der Waals surface area contributed by atoms with Crippen molar-refractivity contribution in [3.8, 4) is 6.01 Å². The fourth-order valence-electron chi connectivity index (χ4n) is 3.52. The molecule has 41 heavy (non-hydrogen) atoms. The van der Waals surface area contributed by atoms with E-state index in [9.17, 15) is 31.1 Å². The lowest BCUT2D eigenvalue weighted by atomic mass is 10.1. The Bertz CT molecular complexity index is 1510. The Hall–Kier alpha value is -4.88. The van der Waals surface area contributed by atoms with Crippen LogP contribution in [0.25, 0.3) is 0 Å². The Morgan fingerprint density at radius 2 is 1.54 bits per heavy atom. The normalized spacial score (nSPS) is 11.6. The average Bonchev–Trinajstić information content (AvgIpc) is 2.91. The van der Waals surface area contributed by atoms with E-state index in [1.54, 1.807) is 36.4 Å². The monoisotopic (exact) mass is 576 g/mol. The second-order valence-electron chi connectivity index (χ2n) is 8.69. The highest BCUT2D eigenvalue weighted by molar-refractivity contribution is 6.05. The number of hydrogen-bond donors (Lipinski definition) is 3. The lowest BCUT2D eigenvalue weighted by molar-refractivity contribution is -0.154. The number of benzene rings is 3. The minimum atomic E-state index is -4.68. The van der Waals surface area contributed by atoms with Gasteiger partial charge in [-0.3, -0.25) is 4.79 Å². The van der Waals surface area contributed by atoms with E-state index >= 15 is 0 Å². The molecule has 0 radical (unpaired) electrons. The fourth-order valence-corrected chi connectivity index (χ4v) is 3.52. The largest absolute Gasteiger partial charge is 0.454 e. The maximum atomic E-state index is 13.1. The van der Waals surface area contributed by atoms with Crippen molar-refractivity contribution in [3.63, 3.8) is 0 Å². The van der Waals surface area contributed by atoms with Crippen LogP contribution in [0.5, 0.6) is 6.01 Å². The van der Waals surface area contributed by atoms with Gasteiger partial charge in [-0.15, -0.1) is 0 Å². The van der Waals surface area contributed by atoms with E-state index in [4.69, 9.17) is 0 Å². The first-order chi connectivity index (χ1) is 19.4. The van der Waals surface area contributed by atoms with Gasteiger partial charge in [0, 0.05) is 23.5 Å². The number of anilines is 4. The van der Waals surface area contributed by atoms with Crippen LogP contribution in [0.1, 0.15) is 27.0 Å². The van der Waals surface area contributed by atoms with Gasteiger partial charge in [-0.1, -0.05) is 36.4 Å². The van der Waals surface area contributed by atoms with Gasteiger partial charge in [-0.25, -0.2) is 0 Å². The van der Waals surface area contributed by atoms with E-state index in [-0.39, 0.29) is 30.0 Å². The summed E-state index contributed by atoms with van der Waals surface area (Å²) >= 11 is 0. The molecule has 0 atom stereocenters. The van der Waals surface area contributed by atoms with Crippen molar-refractivity contribution in [3.05, 3.63) is 95.1 Å². The first-order valence-corrected chi connectivity index (χ1v) is 12.0. The highest BCUT2D eigenvalue weighted by Gasteiger charge is 2.31. The number of nitrogens with one attached hydrogen (secondary N) is 3. The number of carbonyl (C=O) groups is 1. The molecule has 0 bridgehead atoms. The predicted molar refractivity (Wildman–Crippen MR) is 139 cm³/mol. The van der Waals surface area contributed by atoms with Gasteiger partial charge in [0.2, 0.25) is 11.9 Å². The molecule has 1 aromatic heterocycles. The van der Waals surface area contributed by atoms with Crippen LogP contribution in [0.15, 0.2) is 72.8 Å². The van der Waals surface area contributed by atoms with Crippen molar-refractivity contribution in [1.82, 2.24) is 15.0 Å². The topological polar surface area (TPSA) is 101 Å². The SMILES string of the molecule is Cc1ccccc1C(=O)Nc1ccc(CNc2nc(Nc3cccc(C(F)(F)F)c3)nc(OCC(F)(F)F)n2)cc1. The summed E-state index contributed by atoms with van der Waals surface area (Å²) < 4.78 is 81.9. The smallest absolute Gasteiger partial charge is 0.422 e. The summed E-state index contributed by atoms with van der Waals surface area (Å²) in [6.45, 7) is 0.248. The third kappa shape index (κ3) is 8.55. The fraction of sp³-hybridized carbons (Fsp3) is 0.185. The highest BCUT2D eigenvalue weighted by atomic mass is 19.4. The van der Waals surface area contributed by atoms with Gasteiger partial charge >= 0.3 is 18.4 Å². The van der Waals surface area contributed by atoms with Crippen LogP contribution in [-0.2, 0) is 12.7 Å². The molecular formula is C27H22F6N6O2. The van der Waals surface area contributed by atoms with E-state index in [0.29, 0.717) is 16.8 Å². The first-order valence-electron chi connectivity index (χ1n) is 12.0. The number of carbonyl (C=O) groups excluding carboxylic acids is 1. The van der Waals surface area contributed by atoms with Crippen LogP contribution in [-0.4, -0.2) is 33.6 Å². The molecule has 3 N–H and O–H groups in total. The lowest BCUT2D eigenvalue weighted by Crippen LogP contribution is -2.21. The molecule has 4 aromatic rings. The summed E-state index contributed by atoms with van der Waals surface area (Å²) in [5, 5.41) is 8.15. The maximum absolute atomic E-state index is 13.1. The number of amides is 1. The van der Waals surface area contributed by atoms with E-state index < -0.39 is 30.5 Å². The van der Waals surface area contributed by atoms with Crippen LogP contribution < -0.4 is 20.7 Å². The van der Waals surface area contributed by atoms with Crippen LogP contribution in [0.3, 0.4) is 0 Å². The van der Waals surface area contributed by atoms with Gasteiger partial charge in [-0.05, 0) is 54.4 Å². The number of rotatable bonds is 9. The van der Waals surface area contributed by atoms with E-state index in [2.05, 4.69) is 35.6 Å². The molecule has 3 aromatic carbocycles. The van der Waals surface area contributed by atoms with Gasteiger partial charge in [0.15, 0.2) is 6.61 Å². The van der Waals surface area contributed by atoms with Gasteiger partial charge in [0.05, 0.1) is 5.56 Å². The minimum Gasteiger partial charge on any atom is -0.454 e. The average molecular weight is 577 g/mol. The Kier molecular flexibility index (Phi) is 8.59. The lowest BCUT2D eigenvalue weighted by Gasteiger charge is -2.13. The molecule has 0 unspecified atom stereocenters. The zero-order valence-corrected chi connectivity index (χ0v) is 21.3. The van der Waals surface area contributed by atoms with Crippen LogP contribution in [0.4, 0.5) is 49.6 Å². The molecule has 4 rings (SSSR count). The van der Waals surface area contributed by atoms with Crippen molar-refractivity contribution in [1.29, 1.82) is 0 Å². The van der Waals surface area contributed by atoms with Crippen molar-refractivity contribution >= 4 is 29.2 Å². The molecule has 0 aliphatic heterocycles. The Labute approximate surface area is 229 Å². The molecule has 0 saturated carbocycles. The molecule has 0 spiro atoms. The summed E-state index contributed by atoms with van der Waals surface area (Å²) in [6, 6.07) is 17.3. The number of aryl methyl sites for hydroxylation is 1. The Morgan fingerprint density at radius 3 is 2.22 bits per heavy atom. The zero-order valence-electron chi connectivity index (χ0n) is 21.3. The number of aromatic nitrogens is 3. The summed E-state index contributed by atoms with van der Waals surface area (Å²) in [4.78, 5) is 24.1. The number of halogens is 6. The van der Waals surface area contributed by atoms with Crippen LogP contribution in [0, 0.1) is 6.92 Å². The molecule has 1 heterocycles. The third-order valence-electron chi connectivity index (χ3n) is 5.48. The number of nitrogens with zero attached hydrogens (tertiary/aromatic N) is 3. The molecule has 8 nitrogen and oxygen atoms in total. The predicted octanol–water partition coefficient (Wildman–Crippen LogP) is 6.75. The molecule has 214 valence electrons. The van der Waals surface area contributed by atoms with E-state index in [1.807, 2.05) is 19.1 Å². The van der Waals surface area contributed by atoms with Crippen molar-refractivity contribution in [2.45, 2.75) is 25.8 Å². The van der Waals surface area contributed by atoms with Crippen molar-refractivity contribution < 1.29 is 35.9 Å². The van der Waals surface area contributed by atoms with Gasteiger partial charge < -0.3 is 20.7 Å². The molecule has 0 aliphatic carbocycles. The summed E-state index contributed by atoms with van der Waals surface area (Å²) in [6.07, 6.45) is -9.28. The summed E-state index contributed by atoms with van der Waals surface area (Å²) in [7, 11) is 0. The molecule has 14 heteroatoms.